The molecule has 0 radical (unpaired) electrons. The number of nitrogens with zero attached hydrogens (tertiary/aromatic N) is 2. The molecule has 0 aliphatic rings. The minimum Gasteiger partial charge on any atom is -0.333 e. The third-order valence-electron chi connectivity index (χ3n) is 2.91. The average molecular weight is 327 g/mol. The van der Waals surface area contributed by atoms with Crippen LogP contribution in [0.1, 0.15) is 30.8 Å². The summed E-state index contributed by atoms with van der Waals surface area (Å²) in [6.45, 7) is 2.97. The molecule has 19 heavy (non-hydrogen) atoms. The molecule has 0 bridgehead atoms. The van der Waals surface area contributed by atoms with Gasteiger partial charge in [-0.25, -0.2) is 14.8 Å². The van der Waals surface area contributed by atoms with Crippen molar-refractivity contribution in [3.8, 4) is 0 Å². The van der Waals surface area contributed by atoms with Gasteiger partial charge in [0, 0.05) is 23.4 Å². The summed E-state index contributed by atoms with van der Waals surface area (Å²) in [7, 11) is 0. The molecule has 4 nitrogen and oxygen atoms in total. The zero-order valence-corrected chi connectivity index (χ0v) is 12.2. The van der Waals surface area contributed by atoms with E-state index in [1.807, 2.05) is 10.8 Å². The number of hydrogen-bond donors (Lipinski definition) is 2. The van der Waals surface area contributed by atoms with Gasteiger partial charge >= 0.3 is 0 Å². The summed E-state index contributed by atoms with van der Waals surface area (Å²) in [5, 5.41) is 0. The fourth-order valence-electron chi connectivity index (χ4n) is 2.05. The Bertz CT molecular complexity index is 555. The zero-order chi connectivity index (χ0) is 13.8. The first-order valence-corrected chi connectivity index (χ1v) is 6.88. The summed E-state index contributed by atoms with van der Waals surface area (Å²) in [5.74, 6) is 6.18. The summed E-state index contributed by atoms with van der Waals surface area (Å²) in [5.41, 5.74) is 3.60. The van der Waals surface area contributed by atoms with Crippen LogP contribution in [0.15, 0.2) is 35.1 Å². The lowest BCUT2D eigenvalue weighted by Crippen LogP contribution is -2.31. The molecular weight excluding hydrogens is 311 g/mol. The number of benzene rings is 1. The summed E-state index contributed by atoms with van der Waals surface area (Å²) in [4.78, 5) is 4.35. The van der Waals surface area contributed by atoms with E-state index in [-0.39, 0.29) is 11.9 Å². The quantitative estimate of drug-likeness (QED) is 0.656. The van der Waals surface area contributed by atoms with Crippen LogP contribution < -0.4 is 11.3 Å². The molecule has 102 valence electrons. The third-order valence-corrected chi connectivity index (χ3v) is 3.60. The zero-order valence-electron chi connectivity index (χ0n) is 10.6. The predicted molar refractivity (Wildman–Crippen MR) is 75.8 cm³/mol. The van der Waals surface area contributed by atoms with Crippen LogP contribution in [-0.4, -0.2) is 9.55 Å². The second kappa shape index (κ2) is 6.27. The van der Waals surface area contributed by atoms with Crippen LogP contribution in [0.3, 0.4) is 0 Å². The summed E-state index contributed by atoms with van der Waals surface area (Å²) >= 11 is 3.37. The molecule has 3 N–H and O–H groups in total. The van der Waals surface area contributed by atoms with E-state index in [1.165, 1.54) is 12.1 Å². The Kier molecular flexibility index (Phi) is 4.68. The maximum Gasteiger partial charge on any atom is 0.131 e. The fraction of sp³-hybridized carbons (Fsp3) is 0.308. The Morgan fingerprint density at radius 1 is 1.53 bits per heavy atom. The number of hydrazine groups is 1. The molecule has 0 aliphatic carbocycles. The second-order valence-corrected chi connectivity index (χ2v) is 5.10. The van der Waals surface area contributed by atoms with Crippen molar-refractivity contribution in [1.82, 2.24) is 15.0 Å². The summed E-state index contributed by atoms with van der Waals surface area (Å²) in [6, 6.07) is 4.26. The number of hydrogen-bond acceptors (Lipinski definition) is 3. The van der Waals surface area contributed by atoms with Gasteiger partial charge in [-0.3, -0.25) is 5.84 Å². The minimum atomic E-state index is -0.289. The normalized spacial score (nSPS) is 12.6. The van der Waals surface area contributed by atoms with Crippen LogP contribution in [0.5, 0.6) is 0 Å². The highest BCUT2D eigenvalue weighted by molar-refractivity contribution is 9.10. The Balaban J connectivity index is 2.41. The van der Waals surface area contributed by atoms with Gasteiger partial charge < -0.3 is 4.57 Å². The van der Waals surface area contributed by atoms with E-state index < -0.39 is 0 Å². The fourth-order valence-corrected chi connectivity index (χ4v) is 2.63. The van der Waals surface area contributed by atoms with Gasteiger partial charge in [-0.2, -0.15) is 0 Å². The van der Waals surface area contributed by atoms with Crippen molar-refractivity contribution in [3.63, 3.8) is 0 Å². The number of nitrogens with one attached hydrogen (secondary N) is 1. The molecule has 1 unspecified atom stereocenters. The van der Waals surface area contributed by atoms with Crippen LogP contribution in [-0.2, 0) is 6.54 Å². The van der Waals surface area contributed by atoms with Gasteiger partial charge in [0.05, 0.1) is 0 Å². The van der Waals surface area contributed by atoms with Crippen molar-refractivity contribution in [2.45, 2.75) is 25.9 Å². The van der Waals surface area contributed by atoms with Crippen molar-refractivity contribution in [2.75, 3.05) is 0 Å². The van der Waals surface area contributed by atoms with E-state index in [4.69, 9.17) is 5.84 Å². The Labute approximate surface area is 119 Å². The van der Waals surface area contributed by atoms with Crippen molar-refractivity contribution in [2.24, 2.45) is 5.84 Å². The molecule has 1 aromatic heterocycles. The predicted octanol–water partition coefficient (Wildman–Crippen LogP) is 2.75. The van der Waals surface area contributed by atoms with Crippen LogP contribution in [0.2, 0.25) is 0 Å². The van der Waals surface area contributed by atoms with Gasteiger partial charge in [0.25, 0.3) is 0 Å². The maximum atomic E-state index is 13.2. The highest BCUT2D eigenvalue weighted by Crippen LogP contribution is 2.28. The maximum absolute atomic E-state index is 13.2. The largest absolute Gasteiger partial charge is 0.333 e. The Morgan fingerprint density at radius 2 is 2.32 bits per heavy atom. The van der Waals surface area contributed by atoms with Gasteiger partial charge in [-0.05, 0) is 24.1 Å². The van der Waals surface area contributed by atoms with Gasteiger partial charge in [0.2, 0.25) is 0 Å². The SMILES string of the molecule is CCCn1ccnc1C(NN)c1ccc(F)cc1Br. The van der Waals surface area contributed by atoms with E-state index >= 15 is 0 Å². The lowest BCUT2D eigenvalue weighted by molar-refractivity contribution is 0.542. The van der Waals surface area contributed by atoms with Crippen molar-refractivity contribution >= 4 is 15.9 Å². The minimum absolute atomic E-state index is 0.281. The molecule has 0 saturated carbocycles. The highest BCUT2D eigenvalue weighted by Gasteiger charge is 2.20. The van der Waals surface area contributed by atoms with Crippen molar-refractivity contribution < 1.29 is 4.39 Å². The van der Waals surface area contributed by atoms with E-state index in [0.717, 1.165) is 24.4 Å². The molecule has 1 heterocycles. The molecule has 6 heteroatoms. The van der Waals surface area contributed by atoms with Crippen LogP contribution in [0.4, 0.5) is 4.39 Å². The smallest absolute Gasteiger partial charge is 0.131 e. The number of aryl methyl sites for hydroxylation is 1. The lowest BCUT2D eigenvalue weighted by atomic mass is 10.1. The molecule has 2 rings (SSSR count). The van der Waals surface area contributed by atoms with E-state index in [9.17, 15) is 4.39 Å². The second-order valence-electron chi connectivity index (χ2n) is 4.24. The average Bonchev–Trinajstić information content (AvgIpc) is 2.82. The van der Waals surface area contributed by atoms with Gasteiger partial charge in [-0.1, -0.05) is 28.9 Å². The topological polar surface area (TPSA) is 55.9 Å². The lowest BCUT2D eigenvalue weighted by Gasteiger charge is -2.19. The monoisotopic (exact) mass is 326 g/mol. The first kappa shape index (κ1) is 14.2. The van der Waals surface area contributed by atoms with Crippen molar-refractivity contribution in [1.29, 1.82) is 0 Å². The highest BCUT2D eigenvalue weighted by atomic mass is 79.9. The number of aromatic nitrogens is 2. The molecule has 2 aromatic rings. The van der Waals surface area contributed by atoms with E-state index in [0.29, 0.717) is 4.47 Å². The van der Waals surface area contributed by atoms with E-state index in [2.05, 4.69) is 33.3 Å². The van der Waals surface area contributed by atoms with Gasteiger partial charge in [-0.15, -0.1) is 0 Å². The number of halogens is 2. The summed E-state index contributed by atoms with van der Waals surface area (Å²) in [6.07, 6.45) is 4.67. The molecule has 0 aliphatic heterocycles. The Hall–Kier alpha value is -1.24. The molecule has 0 spiro atoms. The molecule has 1 atom stereocenters. The first-order chi connectivity index (χ1) is 9.17. The number of imidazole rings is 1. The number of rotatable bonds is 5. The van der Waals surface area contributed by atoms with Gasteiger partial charge in [0.1, 0.15) is 17.7 Å². The molecule has 0 amide bonds. The molecule has 0 fully saturated rings. The number of nitrogens with two attached hydrogens (primary N) is 1. The standard InChI is InChI=1S/C13H16BrFN4/c1-2-6-19-7-5-17-13(19)12(18-16)10-4-3-9(15)8-11(10)14/h3-5,7-8,12,18H,2,6,16H2,1H3. The van der Waals surface area contributed by atoms with Crippen LogP contribution in [0.25, 0.3) is 0 Å². The molecular formula is C13H16BrFN4. The third kappa shape index (κ3) is 3.02. The van der Waals surface area contributed by atoms with E-state index in [1.54, 1.807) is 12.3 Å². The molecule has 1 aromatic carbocycles. The molecule has 0 saturated heterocycles. The van der Waals surface area contributed by atoms with Crippen LogP contribution in [0, 0.1) is 5.82 Å². The summed E-state index contributed by atoms with van der Waals surface area (Å²) < 4.78 is 15.9. The Morgan fingerprint density at radius 3 is 2.95 bits per heavy atom. The van der Waals surface area contributed by atoms with Crippen molar-refractivity contribution in [3.05, 3.63) is 52.3 Å². The first-order valence-electron chi connectivity index (χ1n) is 6.09. The van der Waals surface area contributed by atoms with Crippen LogP contribution >= 0.6 is 15.9 Å². The van der Waals surface area contributed by atoms with Gasteiger partial charge in [0.15, 0.2) is 0 Å².